The summed E-state index contributed by atoms with van der Waals surface area (Å²) < 4.78 is 4.97. The second-order valence-corrected chi connectivity index (χ2v) is 4.77. The largest absolute Gasteiger partial charge is 0.462 e. The average molecular weight is 269 g/mol. The van der Waals surface area contributed by atoms with Crippen molar-refractivity contribution in [1.29, 1.82) is 0 Å². The molecule has 19 heavy (non-hydrogen) atoms. The van der Waals surface area contributed by atoms with Crippen LogP contribution in [0.4, 0.5) is 0 Å². The molecule has 0 aromatic rings. The number of ether oxygens (including phenoxy) is 1. The molecular formula is C15H27NO3. The molecule has 0 aliphatic heterocycles. The summed E-state index contributed by atoms with van der Waals surface area (Å²) >= 11 is 0. The van der Waals surface area contributed by atoms with E-state index in [2.05, 4.69) is 32.7 Å². The molecule has 0 atom stereocenters. The summed E-state index contributed by atoms with van der Waals surface area (Å²) in [7, 11) is 0. The molecule has 0 rings (SSSR count). The molecule has 2 N–H and O–H groups in total. The van der Waals surface area contributed by atoms with Crippen molar-refractivity contribution in [3.05, 3.63) is 24.8 Å². The summed E-state index contributed by atoms with van der Waals surface area (Å²) in [5.74, 6) is 0.0202. The van der Waals surface area contributed by atoms with Gasteiger partial charge in [-0.05, 0) is 25.3 Å². The van der Waals surface area contributed by atoms with Crippen LogP contribution in [0.1, 0.15) is 46.5 Å². The first kappa shape index (κ1) is 19.8. The van der Waals surface area contributed by atoms with E-state index in [0.29, 0.717) is 12.2 Å². The van der Waals surface area contributed by atoms with E-state index in [1.165, 1.54) is 12.8 Å². The number of hydrogen-bond acceptors (Lipinski definition) is 3. The second-order valence-electron chi connectivity index (χ2n) is 4.77. The van der Waals surface area contributed by atoms with Gasteiger partial charge in [-0.25, -0.2) is 4.79 Å². The minimum absolute atomic E-state index is 0.270. The lowest BCUT2D eigenvalue weighted by Crippen LogP contribution is -2.06. The fourth-order valence-corrected chi connectivity index (χ4v) is 1.12. The third-order valence-corrected chi connectivity index (χ3v) is 2.21. The molecule has 0 saturated carbocycles. The van der Waals surface area contributed by atoms with Gasteiger partial charge in [0.2, 0.25) is 5.91 Å². The summed E-state index contributed by atoms with van der Waals surface area (Å²) in [6, 6.07) is 0. The van der Waals surface area contributed by atoms with Crippen LogP contribution in [0.25, 0.3) is 0 Å². The van der Waals surface area contributed by atoms with E-state index in [-0.39, 0.29) is 5.97 Å². The molecule has 0 saturated heterocycles. The zero-order valence-electron chi connectivity index (χ0n) is 12.4. The molecule has 1 amide bonds. The van der Waals surface area contributed by atoms with Crippen molar-refractivity contribution in [2.75, 3.05) is 6.61 Å². The fraction of sp³-hybridized carbons (Fsp3) is 0.600. The van der Waals surface area contributed by atoms with E-state index in [1.807, 2.05) is 0 Å². The van der Waals surface area contributed by atoms with Crippen molar-refractivity contribution in [1.82, 2.24) is 0 Å². The highest BCUT2D eigenvalue weighted by Crippen LogP contribution is 2.08. The maximum absolute atomic E-state index is 11.0. The molecule has 0 aliphatic carbocycles. The van der Waals surface area contributed by atoms with Crippen LogP contribution in [0.5, 0.6) is 0 Å². The van der Waals surface area contributed by atoms with Crippen LogP contribution in [-0.4, -0.2) is 18.5 Å². The van der Waals surface area contributed by atoms with Crippen LogP contribution < -0.4 is 5.73 Å². The van der Waals surface area contributed by atoms with Crippen LogP contribution in [-0.2, 0) is 14.3 Å². The zero-order valence-corrected chi connectivity index (χ0v) is 12.4. The Labute approximate surface area is 116 Å². The number of hydrogen-bond donors (Lipinski definition) is 1. The number of carbonyl (C=O) groups excluding carboxylic acids is 2. The normalized spacial score (nSPS) is 9.26. The van der Waals surface area contributed by atoms with Gasteiger partial charge in [-0.2, -0.15) is 0 Å². The maximum atomic E-state index is 11.0. The molecule has 4 heteroatoms. The first-order valence-corrected chi connectivity index (χ1v) is 6.55. The molecule has 0 spiro atoms. The maximum Gasteiger partial charge on any atom is 0.333 e. The van der Waals surface area contributed by atoms with Crippen molar-refractivity contribution in [3.8, 4) is 0 Å². The van der Waals surface area contributed by atoms with E-state index >= 15 is 0 Å². The summed E-state index contributed by atoms with van der Waals surface area (Å²) in [5.41, 5.74) is 5.01. The monoisotopic (exact) mass is 269 g/mol. The number of esters is 1. The molecule has 0 fully saturated rings. The quantitative estimate of drug-likeness (QED) is 0.418. The Morgan fingerprint density at radius 2 is 1.79 bits per heavy atom. The van der Waals surface area contributed by atoms with Crippen LogP contribution >= 0.6 is 0 Å². The molecule has 4 nitrogen and oxygen atoms in total. The lowest BCUT2D eigenvalue weighted by molar-refractivity contribution is -0.139. The highest BCUT2D eigenvalue weighted by atomic mass is 16.5. The number of nitrogens with two attached hydrogens (primary N) is 1. The van der Waals surface area contributed by atoms with Gasteiger partial charge in [0.25, 0.3) is 0 Å². The smallest absolute Gasteiger partial charge is 0.333 e. The Kier molecular flexibility index (Phi) is 13.4. The minimum Gasteiger partial charge on any atom is -0.462 e. The highest BCUT2D eigenvalue weighted by Gasteiger charge is 2.01. The van der Waals surface area contributed by atoms with Gasteiger partial charge in [-0.15, -0.1) is 0 Å². The van der Waals surface area contributed by atoms with E-state index in [1.54, 1.807) is 6.92 Å². The first-order chi connectivity index (χ1) is 8.81. The molecule has 0 heterocycles. The van der Waals surface area contributed by atoms with Gasteiger partial charge in [0.05, 0.1) is 6.61 Å². The summed E-state index contributed by atoms with van der Waals surface area (Å²) in [4.78, 5) is 20.4. The van der Waals surface area contributed by atoms with E-state index < -0.39 is 5.91 Å². The van der Waals surface area contributed by atoms with Gasteiger partial charge < -0.3 is 10.5 Å². The van der Waals surface area contributed by atoms with Gasteiger partial charge in [-0.3, -0.25) is 4.79 Å². The zero-order chi connectivity index (χ0) is 15.3. The van der Waals surface area contributed by atoms with Crippen molar-refractivity contribution < 1.29 is 14.3 Å². The first-order valence-electron chi connectivity index (χ1n) is 6.55. The Hall–Kier alpha value is -1.58. The van der Waals surface area contributed by atoms with Crippen LogP contribution in [0.3, 0.4) is 0 Å². The second kappa shape index (κ2) is 12.9. The van der Waals surface area contributed by atoms with Gasteiger partial charge in [0.1, 0.15) is 0 Å². The number of rotatable bonds is 8. The van der Waals surface area contributed by atoms with E-state index in [0.717, 1.165) is 24.8 Å². The van der Waals surface area contributed by atoms with Crippen LogP contribution in [0, 0.1) is 5.92 Å². The molecular weight excluding hydrogens is 242 g/mol. The lowest BCUT2D eigenvalue weighted by atomic mass is 10.1. The number of primary amides is 1. The van der Waals surface area contributed by atoms with E-state index in [9.17, 15) is 9.59 Å². The molecule has 110 valence electrons. The molecule has 0 radical (unpaired) electrons. The summed E-state index contributed by atoms with van der Waals surface area (Å²) in [6.07, 6.45) is 5.64. The SMILES string of the molecule is C=C(C)C(=O)OCCCCCC(C)C.C=CC(N)=O. The number of unbranched alkanes of at least 4 members (excludes halogenated alkanes) is 2. The van der Waals surface area contributed by atoms with Crippen molar-refractivity contribution in [2.45, 2.75) is 46.5 Å². The summed E-state index contributed by atoms with van der Waals surface area (Å²) in [5, 5.41) is 0. The average Bonchev–Trinajstić information content (AvgIpc) is 2.33. The minimum atomic E-state index is -0.481. The predicted molar refractivity (Wildman–Crippen MR) is 78.5 cm³/mol. The third-order valence-electron chi connectivity index (χ3n) is 2.21. The summed E-state index contributed by atoms with van der Waals surface area (Å²) in [6.45, 7) is 13.3. The Morgan fingerprint density at radius 3 is 2.16 bits per heavy atom. The van der Waals surface area contributed by atoms with Gasteiger partial charge in [0, 0.05) is 5.57 Å². The Balaban J connectivity index is 0. The lowest BCUT2D eigenvalue weighted by Gasteiger charge is -2.05. The van der Waals surface area contributed by atoms with E-state index in [4.69, 9.17) is 4.74 Å². The molecule has 0 unspecified atom stereocenters. The molecule has 0 bridgehead atoms. The fourth-order valence-electron chi connectivity index (χ4n) is 1.12. The molecule has 0 aromatic carbocycles. The van der Waals surface area contributed by atoms with Crippen molar-refractivity contribution in [3.63, 3.8) is 0 Å². The van der Waals surface area contributed by atoms with Gasteiger partial charge >= 0.3 is 5.97 Å². The standard InChI is InChI=1S/C12H22O2.C3H5NO/c1-10(2)8-6-5-7-9-14-12(13)11(3)4;1-2-3(4)5/h10H,3,5-9H2,1-2,4H3;2H,1H2,(H2,4,5). The van der Waals surface area contributed by atoms with Gasteiger partial charge in [0.15, 0.2) is 0 Å². The molecule has 0 aliphatic rings. The van der Waals surface area contributed by atoms with Crippen molar-refractivity contribution in [2.24, 2.45) is 11.7 Å². The predicted octanol–water partition coefficient (Wildman–Crippen LogP) is 2.98. The molecule has 0 aromatic heterocycles. The van der Waals surface area contributed by atoms with Gasteiger partial charge in [-0.1, -0.05) is 46.3 Å². The topological polar surface area (TPSA) is 69.4 Å². The van der Waals surface area contributed by atoms with Crippen LogP contribution in [0.15, 0.2) is 24.8 Å². The number of carbonyl (C=O) groups is 2. The Bertz CT molecular complexity index is 296. The number of amides is 1. The third kappa shape index (κ3) is 19.0. The van der Waals surface area contributed by atoms with Crippen molar-refractivity contribution >= 4 is 11.9 Å². The Morgan fingerprint density at radius 1 is 1.26 bits per heavy atom. The highest BCUT2D eigenvalue weighted by molar-refractivity contribution is 5.86. The van der Waals surface area contributed by atoms with Crippen LogP contribution in [0.2, 0.25) is 0 Å².